The Labute approximate surface area is 72.4 Å². The van der Waals surface area contributed by atoms with Crippen LogP contribution in [0.25, 0.3) is 0 Å². The Morgan fingerprint density at radius 1 is 0.909 bits per heavy atom. The second-order valence-electron chi connectivity index (χ2n) is 1.89. The van der Waals surface area contributed by atoms with Crippen molar-refractivity contribution in [1.29, 1.82) is 0 Å². The highest BCUT2D eigenvalue weighted by Crippen LogP contribution is 2.43. The van der Waals surface area contributed by atoms with Crippen molar-refractivity contribution < 1.29 is 15.3 Å². The normalized spacial score (nSPS) is 10.0. The average molecular weight is 195 g/mol. The standard InChI is InChI=1S/C6H4Cl2O3/c7-4-2(9)1-3(10)5(8)6(4)11/h1,9-11H. The fraction of sp³-hybridized carbons (Fsp3) is 0. The van der Waals surface area contributed by atoms with Gasteiger partial charge in [0.25, 0.3) is 0 Å². The summed E-state index contributed by atoms with van der Waals surface area (Å²) in [6.07, 6.45) is 0. The fourth-order valence-corrected chi connectivity index (χ4v) is 0.942. The lowest BCUT2D eigenvalue weighted by Gasteiger charge is -2.03. The summed E-state index contributed by atoms with van der Waals surface area (Å²) in [7, 11) is 0. The SMILES string of the molecule is Oc1cc(O)c(Cl)c(O)c1Cl. The summed E-state index contributed by atoms with van der Waals surface area (Å²) < 4.78 is 0. The largest absolute Gasteiger partial charge is 0.506 e. The van der Waals surface area contributed by atoms with Crippen molar-refractivity contribution in [2.75, 3.05) is 0 Å². The molecule has 0 bridgehead atoms. The first-order chi connectivity index (χ1) is 5.04. The Kier molecular flexibility index (Phi) is 2.02. The monoisotopic (exact) mass is 194 g/mol. The van der Waals surface area contributed by atoms with Gasteiger partial charge in [0.1, 0.15) is 21.5 Å². The smallest absolute Gasteiger partial charge is 0.160 e. The van der Waals surface area contributed by atoms with Gasteiger partial charge in [-0.2, -0.15) is 0 Å². The number of halogens is 2. The van der Waals surface area contributed by atoms with Gasteiger partial charge in [-0.05, 0) is 0 Å². The van der Waals surface area contributed by atoms with Crippen molar-refractivity contribution in [3.63, 3.8) is 0 Å². The van der Waals surface area contributed by atoms with Gasteiger partial charge < -0.3 is 15.3 Å². The summed E-state index contributed by atoms with van der Waals surface area (Å²) in [5.74, 6) is -1.34. The van der Waals surface area contributed by atoms with Crippen LogP contribution in [0.2, 0.25) is 10.0 Å². The summed E-state index contributed by atoms with van der Waals surface area (Å²) in [6.45, 7) is 0. The first-order valence-corrected chi connectivity index (χ1v) is 3.38. The molecule has 0 atom stereocenters. The van der Waals surface area contributed by atoms with Crippen LogP contribution in [0, 0.1) is 0 Å². The summed E-state index contributed by atoms with van der Waals surface area (Å²) in [4.78, 5) is 0. The predicted molar refractivity (Wildman–Crippen MR) is 41.5 cm³/mol. The molecule has 60 valence electrons. The Morgan fingerprint density at radius 3 is 1.64 bits per heavy atom. The number of phenolic OH excluding ortho intramolecular Hbond substituents is 3. The first-order valence-electron chi connectivity index (χ1n) is 2.63. The maximum absolute atomic E-state index is 8.98. The highest BCUT2D eigenvalue weighted by Gasteiger charge is 2.13. The van der Waals surface area contributed by atoms with Crippen LogP contribution in [0.4, 0.5) is 0 Å². The second-order valence-corrected chi connectivity index (χ2v) is 2.65. The minimum absolute atomic E-state index is 0.271. The van der Waals surface area contributed by atoms with E-state index in [1.165, 1.54) is 0 Å². The molecule has 0 radical (unpaired) electrons. The van der Waals surface area contributed by atoms with E-state index < -0.39 is 17.2 Å². The molecule has 1 rings (SSSR count). The van der Waals surface area contributed by atoms with E-state index in [-0.39, 0.29) is 10.0 Å². The zero-order valence-corrected chi connectivity index (χ0v) is 6.69. The van der Waals surface area contributed by atoms with Crippen molar-refractivity contribution in [3.8, 4) is 17.2 Å². The molecule has 0 spiro atoms. The summed E-state index contributed by atoms with van der Waals surface area (Å²) in [5.41, 5.74) is 0. The lowest BCUT2D eigenvalue weighted by molar-refractivity contribution is 0.428. The lowest BCUT2D eigenvalue weighted by Crippen LogP contribution is -1.74. The number of hydrogen-bond acceptors (Lipinski definition) is 3. The van der Waals surface area contributed by atoms with E-state index in [1.807, 2.05) is 0 Å². The van der Waals surface area contributed by atoms with Gasteiger partial charge in [0.05, 0.1) is 0 Å². The van der Waals surface area contributed by atoms with Crippen LogP contribution >= 0.6 is 23.2 Å². The highest BCUT2D eigenvalue weighted by atomic mass is 35.5. The molecule has 0 heterocycles. The van der Waals surface area contributed by atoms with Crippen LogP contribution in [0.3, 0.4) is 0 Å². The van der Waals surface area contributed by atoms with Crippen molar-refractivity contribution in [1.82, 2.24) is 0 Å². The van der Waals surface area contributed by atoms with Gasteiger partial charge in [0, 0.05) is 6.07 Å². The zero-order chi connectivity index (χ0) is 8.59. The highest BCUT2D eigenvalue weighted by molar-refractivity contribution is 6.38. The van der Waals surface area contributed by atoms with Crippen LogP contribution < -0.4 is 0 Å². The third kappa shape index (κ3) is 1.29. The molecule has 0 aliphatic heterocycles. The molecule has 0 aliphatic carbocycles. The molecule has 3 N–H and O–H groups in total. The number of aromatic hydroxyl groups is 3. The quantitative estimate of drug-likeness (QED) is 0.593. The van der Waals surface area contributed by atoms with E-state index in [0.29, 0.717) is 0 Å². The van der Waals surface area contributed by atoms with Crippen LogP contribution in [0.15, 0.2) is 6.07 Å². The lowest BCUT2D eigenvalue weighted by atomic mass is 10.3. The molecule has 3 nitrogen and oxygen atoms in total. The Morgan fingerprint density at radius 2 is 1.27 bits per heavy atom. The molecule has 0 unspecified atom stereocenters. The predicted octanol–water partition coefficient (Wildman–Crippen LogP) is 2.11. The minimum atomic E-state index is -0.522. The summed E-state index contributed by atoms with van der Waals surface area (Å²) >= 11 is 10.7. The maximum atomic E-state index is 8.98. The maximum Gasteiger partial charge on any atom is 0.160 e. The molecule has 5 heteroatoms. The van der Waals surface area contributed by atoms with Gasteiger partial charge in [0.15, 0.2) is 5.75 Å². The number of rotatable bonds is 0. The Balaban J connectivity index is 3.46. The molecule has 11 heavy (non-hydrogen) atoms. The third-order valence-electron chi connectivity index (χ3n) is 1.14. The van der Waals surface area contributed by atoms with Gasteiger partial charge in [0.2, 0.25) is 0 Å². The van der Waals surface area contributed by atoms with Gasteiger partial charge in [-0.15, -0.1) is 0 Å². The van der Waals surface area contributed by atoms with Gasteiger partial charge in [-0.25, -0.2) is 0 Å². The number of phenols is 3. The van der Waals surface area contributed by atoms with E-state index in [1.54, 1.807) is 0 Å². The van der Waals surface area contributed by atoms with Crippen LogP contribution in [-0.4, -0.2) is 15.3 Å². The molecule has 0 aliphatic rings. The summed E-state index contributed by atoms with van der Waals surface area (Å²) in [5, 5.41) is 26.2. The van der Waals surface area contributed by atoms with E-state index in [2.05, 4.69) is 0 Å². The molecule has 1 aromatic carbocycles. The first kappa shape index (κ1) is 8.30. The Bertz CT molecular complexity index is 272. The van der Waals surface area contributed by atoms with Crippen molar-refractivity contribution >= 4 is 23.2 Å². The fourth-order valence-electron chi connectivity index (χ4n) is 0.595. The molecule has 0 amide bonds. The molecule has 0 fully saturated rings. The van der Waals surface area contributed by atoms with E-state index in [0.717, 1.165) is 6.07 Å². The van der Waals surface area contributed by atoms with Gasteiger partial charge in [-0.1, -0.05) is 23.2 Å². The number of benzene rings is 1. The molecule has 1 aromatic rings. The van der Waals surface area contributed by atoms with Crippen LogP contribution in [0.1, 0.15) is 0 Å². The Hall–Kier alpha value is -0.800. The van der Waals surface area contributed by atoms with Crippen LogP contribution in [-0.2, 0) is 0 Å². The minimum Gasteiger partial charge on any atom is -0.506 e. The topological polar surface area (TPSA) is 60.7 Å². The van der Waals surface area contributed by atoms with E-state index in [9.17, 15) is 0 Å². The van der Waals surface area contributed by atoms with E-state index >= 15 is 0 Å². The third-order valence-corrected chi connectivity index (χ3v) is 1.88. The molecule has 0 aromatic heterocycles. The summed E-state index contributed by atoms with van der Waals surface area (Å²) in [6, 6.07) is 0.949. The van der Waals surface area contributed by atoms with Crippen molar-refractivity contribution in [2.24, 2.45) is 0 Å². The molecular formula is C6H4Cl2O3. The zero-order valence-electron chi connectivity index (χ0n) is 5.17. The van der Waals surface area contributed by atoms with Crippen molar-refractivity contribution in [2.45, 2.75) is 0 Å². The van der Waals surface area contributed by atoms with Crippen LogP contribution in [0.5, 0.6) is 17.2 Å². The molecular weight excluding hydrogens is 191 g/mol. The van der Waals surface area contributed by atoms with Gasteiger partial charge >= 0.3 is 0 Å². The second kappa shape index (κ2) is 2.68. The van der Waals surface area contributed by atoms with Gasteiger partial charge in [-0.3, -0.25) is 0 Å². The number of hydrogen-bond donors (Lipinski definition) is 3. The molecule has 0 saturated carbocycles. The molecule has 0 saturated heterocycles. The van der Waals surface area contributed by atoms with Crippen molar-refractivity contribution in [3.05, 3.63) is 16.1 Å². The average Bonchev–Trinajstić information content (AvgIpc) is 1.97. The van der Waals surface area contributed by atoms with E-state index in [4.69, 9.17) is 38.5 Å².